The van der Waals surface area contributed by atoms with Gasteiger partial charge in [0.05, 0.1) is 24.5 Å². The van der Waals surface area contributed by atoms with Gasteiger partial charge in [0.2, 0.25) is 5.91 Å². The molecule has 2 amide bonds. The Balaban J connectivity index is 1.13. The molecule has 1 heterocycles. The minimum atomic E-state index is -0.873. The van der Waals surface area contributed by atoms with Crippen LogP contribution in [0.3, 0.4) is 0 Å². The molecule has 2 fully saturated rings. The summed E-state index contributed by atoms with van der Waals surface area (Å²) in [7, 11) is 0. The van der Waals surface area contributed by atoms with E-state index < -0.39 is 18.0 Å². The second kappa shape index (κ2) is 10.1. The molecule has 5 rings (SSSR count). The predicted molar refractivity (Wildman–Crippen MR) is 128 cm³/mol. The molecule has 8 heteroatoms. The highest BCUT2D eigenvalue weighted by Gasteiger charge is 2.36. The first-order chi connectivity index (χ1) is 17.0. The van der Waals surface area contributed by atoms with Crippen LogP contribution in [-0.2, 0) is 19.1 Å². The highest BCUT2D eigenvalue weighted by atomic mass is 16.5. The molecule has 1 saturated heterocycles. The van der Waals surface area contributed by atoms with Crippen LogP contribution in [0.15, 0.2) is 48.5 Å². The summed E-state index contributed by atoms with van der Waals surface area (Å²) < 4.78 is 11.1. The first-order valence-corrected chi connectivity index (χ1v) is 12.2. The molecule has 2 aliphatic carbocycles. The Labute approximate surface area is 204 Å². The monoisotopic (exact) mass is 478 g/mol. The predicted octanol–water partition coefficient (Wildman–Crippen LogP) is 3.30. The number of hydrogen-bond acceptors (Lipinski definition) is 5. The lowest BCUT2D eigenvalue weighted by Gasteiger charge is -2.22. The van der Waals surface area contributed by atoms with Gasteiger partial charge in [0, 0.05) is 18.5 Å². The molecule has 3 N–H and O–H groups in total. The first-order valence-electron chi connectivity index (χ1n) is 12.2. The lowest BCUT2D eigenvalue weighted by Crippen LogP contribution is -2.45. The summed E-state index contributed by atoms with van der Waals surface area (Å²) in [6.07, 6.45) is 1.82. The second-order valence-electron chi connectivity index (χ2n) is 9.59. The number of aliphatic carboxylic acids is 1. The van der Waals surface area contributed by atoms with Crippen LogP contribution in [0.25, 0.3) is 11.1 Å². The van der Waals surface area contributed by atoms with Crippen LogP contribution in [0.1, 0.15) is 42.7 Å². The van der Waals surface area contributed by atoms with Crippen molar-refractivity contribution in [2.24, 2.45) is 11.8 Å². The van der Waals surface area contributed by atoms with E-state index in [2.05, 4.69) is 34.9 Å². The van der Waals surface area contributed by atoms with E-state index in [9.17, 15) is 14.4 Å². The summed E-state index contributed by atoms with van der Waals surface area (Å²) in [5.41, 5.74) is 4.65. The molecule has 1 saturated carbocycles. The number of carbonyl (C=O) groups is 3. The van der Waals surface area contributed by atoms with Gasteiger partial charge in [-0.15, -0.1) is 0 Å². The number of carboxylic acids is 1. The largest absolute Gasteiger partial charge is 0.481 e. The summed E-state index contributed by atoms with van der Waals surface area (Å²) in [6, 6.07) is 16.1. The van der Waals surface area contributed by atoms with Gasteiger partial charge in [-0.3, -0.25) is 9.59 Å². The number of alkyl carbamates (subject to hydrolysis) is 1. The van der Waals surface area contributed by atoms with Gasteiger partial charge < -0.3 is 25.2 Å². The highest BCUT2D eigenvalue weighted by molar-refractivity contribution is 5.81. The molecule has 0 spiro atoms. The van der Waals surface area contributed by atoms with E-state index in [0.29, 0.717) is 19.3 Å². The van der Waals surface area contributed by atoms with Crippen LogP contribution in [0, 0.1) is 11.8 Å². The third-order valence-corrected chi connectivity index (χ3v) is 7.43. The van der Waals surface area contributed by atoms with Crippen molar-refractivity contribution in [1.29, 1.82) is 0 Å². The minimum absolute atomic E-state index is 0.0168. The lowest BCUT2D eigenvalue weighted by atomic mass is 9.98. The number of carboxylic acid groups (broad SMARTS) is 1. The second-order valence-corrected chi connectivity index (χ2v) is 9.59. The summed E-state index contributed by atoms with van der Waals surface area (Å²) in [5.74, 6) is -1.90. The van der Waals surface area contributed by atoms with E-state index in [-0.39, 0.29) is 49.6 Å². The molecule has 35 heavy (non-hydrogen) atoms. The van der Waals surface area contributed by atoms with Crippen LogP contribution in [-0.4, -0.2) is 55.0 Å². The number of benzene rings is 2. The molecule has 4 atom stereocenters. The van der Waals surface area contributed by atoms with E-state index in [1.54, 1.807) is 0 Å². The van der Waals surface area contributed by atoms with Crippen molar-refractivity contribution in [2.75, 3.05) is 19.8 Å². The van der Waals surface area contributed by atoms with E-state index >= 15 is 0 Å². The average molecular weight is 479 g/mol. The van der Waals surface area contributed by atoms with Gasteiger partial charge in [-0.1, -0.05) is 55.0 Å². The van der Waals surface area contributed by atoms with Crippen LogP contribution < -0.4 is 10.6 Å². The number of rotatable bonds is 7. The van der Waals surface area contributed by atoms with Gasteiger partial charge in [-0.05, 0) is 41.5 Å². The lowest BCUT2D eigenvalue weighted by molar-refractivity contribution is -0.141. The fourth-order valence-corrected chi connectivity index (χ4v) is 5.60. The molecule has 2 aromatic carbocycles. The van der Waals surface area contributed by atoms with E-state index in [1.807, 2.05) is 24.3 Å². The van der Waals surface area contributed by atoms with Crippen molar-refractivity contribution >= 4 is 18.0 Å². The van der Waals surface area contributed by atoms with Gasteiger partial charge in [0.25, 0.3) is 0 Å². The molecule has 8 nitrogen and oxygen atoms in total. The van der Waals surface area contributed by atoms with Gasteiger partial charge in [0.15, 0.2) is 0 Å². The molecule has 184 valence electrons. The van der Waals surface area contributed by atoms with Crippen molar-refractivity contribution in [3.05, 3.63) is 59.7 Å². The van der Waals surface area contributed by atoms with Crippen molar-refractivity contribution in [3.63, 3.8) is 0 Å². The fraction of sp³-hybridized carbons (Fsp3) is 0.444. The van der Waals surface area contributed by atoms with Crippen molar-refractivity contribution in [3.8, 4) is 11.1 Å². The SMILES string of the molecule is O=C(NC1CCCC1C(=O)NCC1CC(C(=O)O)CO1)OCC1c2ccccc2-c2ccccc21. The average Bonchev–Trinajstić information content (AvgIpc) is 3.59. The zero-order valence-corrected chi connectivity index (χ0v) is 19.4. The van der Waals surface area contributed by atoms with Crippen LogP contribution in [0.4, 0.5) is 4.79 Å². The molecule has 0 radical (unpaired) electrons. The molecule has 0 bridgehead atoms. The normalized spacial score (nSPS) is 25.0. The van der Waals surface area contributed by atoms with Gasteiger partial charge >= 0.3 is 12.1 Å². The first kappa shape index (κ1) is 23.4. The summed E-state index contributed by atoms with van der Waals surface area (Å²) in [6.45, 7) is 0.676. The zero-order chi connectivity index (χ0) is 24.4. The molecule has 0 aromatic heterocycles. The Morgan fingerprint density at radius 3 is 2.34 bits per heavy atom. The molecule has 4 unspecified atom stereocenters. The molecule has 3 aliphatic rings. The minimum Gasteiger partial charge on any atom is -0.481 e. The summed E-state index contributed by atoms with van der Waals surface area (Å²) in [5, 5.41) is 14.9. The quantitative estimate of drug-likeness (QED) is 0.563. The summed E-state index contributed by atoms with van der Waals surface area (Å²) in [4.78, 5) is 36.5. The molecule has 1 aliphatic heterocycles. The van der Waals surface area contributed by atoms with Crippen LogP contribution in [0.5, 0.6) is 0 Å². The molecule has 2 aromatic rings. The fourth-order valence-electron chi connectivity index (χ4n) is 5.60. The zero-order valence-electron chi connectivity index (χ0n) is 19.4. The van der Waals surface area contributed by atoms with Crippen molar-refractivity contribution in [2.45, 2.75) is 43.7 Å². The van der Waals surface area contributed by atoms with Crippen molar-refractivity contribution in [1.82, 2.24) is 10.6 Å². The Hall–Kier alpha value is -3.39. The smallest absolute Gasteiger partial charge is 0.407 e. The Morgan fingerprint density at radius 1 is 1.00 bits per heavy atom. The number of hydrogen-bond donors (Lipinski definition) is 3. The van der Waals surface area contributed by atoms with E-state index in [0.717, 1.165) is 17.5 Å². The molecular weight excluding hydrogens is 448 g/mol. The number of carbonyl (C=O) groups excluding carboxylic acids is 2. The van der Waals surface area contributed by atoms with Crippen molar-refractivity contribution < 1.29 is 29.0 Å². The number of nitrogens with one attached hydrogen (secondary N) is 2. The number of fused-ring (bicyclic) bond motifs is 3. The Bertz CT molecular complexity index is 1070. The Kier molecular flexibility index (Phi) is 6.72. The maximum Gasteiger partial charge on any atom is 0.407 e. The van der Waals surface area contributed by atoms with Gasteiger partial charge in [0.1, 0.15) is 6.61 Å². The maximum atomic E-state index is 12.8. The molecular formula is C27H30N2O6. The van der Waals surface area contributed by atoms with E-state index in [4.69, 9.17) is 14.6 Å². The van der Waals surface area contributed by atoms with Crippen LogP contribution >= 0.6 is 0 Å². The van der Waals surface area contributed by atoms with Crippen LogP contribution in [0.2, 0.25) is 0 Å². The topological polar surface area (TPSA) is 114 Å². The standard InChI is InChI=1S/C27H30N2O6/c30-25(28-13-17-12-16(14-34-17)26(31)32)22-10-5-11-24(22)29-27(33)35-15-23-20-8-3-1-6-18(20)19-7-2-4-9-21(19)23/h1-4,6-9,16-17,22-24H,5,10-15H2,(H,28,30)(H,29,33)(H,31,32). The van der Waals surface area contributed by atoms with E-state index in [1.165, 1.54) is 11.1 Å². The van der Waals surface area contributed by atoms with Gasteiger partial charge in [-0.2, -0.15) is 0 Å². The van der Waals surface area contributed by atoms with Gasteiger partial charge in [-0.25, -0.2) is 4.79 Å². The third-order valence-electron chi connectivity index (χ3n) is 7.43. The number of ether oxygens (including phenoxy) is 2. The Morgan fingerprint density at radius 2 is 1.69 bits per heavy atom. The highest BCUT2D eigenvalue weighted by Crippen LogP contribution is 2.44. The number of amides is 2. The maximum absolute atomic E-state index is 12.8. The summed E-state index contributed by atoms with van der Waals surface area (Å²) >= 11 is 0. The third kappa shape index (κ3) is 4.89.